The minimum absolute atomic E-state index is 0.00882. The lowest BCUT2D eigenvalue weighted by Gasteiger charge is -2.25. The maximum atomic E-state index is 13.1. The summed E-state index contributed by atoms with van der Waals surface area (Å²) in [5.41, 5.74) is 1.40. The van der Waals surface area contributed by atoms with Gasteiger partial charge in [-0.25, -0.2) is 4.39 Å². The second-order valence-corrected chi connectivity index (χ2v) is 6.06. The SMILES string of the molecule is CN1C(=O)/C(=C/c2ccc(OCc3cccc(F)c3)cc2)C(=O)NC1=S. The summed E-state index contributed by atoms with van der Waals surface area (Å²) < 4.78 is 18.8. The van der Waals surface area contributed by atoms with Crippen molar-refractivity contribution in [2.75, 3.05) is 7.05 Å². The van der Waals surface area contributed by atoms with E-state index < -0.39 is 11.8 Å². The van der Waals surface area contributed by atoms with E-state index in [4.69, 9.17) is 17.0 Å². The zero-order valence-corrected chi connectivity index (χ0v) is 14.7. The van der Waals surface area contributed by atoms with Crippen LogP contribution in [-0.2, 0) is 16.2 Å². The number of halogens is 1. The highest BCUT2D eigenvalue weighted by Crippen LogP contribution is 2.18. The molecular weight excluding hydrogens is 355 g/mol. The van der Waals surface area contributed by atoms with Crippen LogP contribution in [0.4, 0.5) is 4.39 Å². The van der Waals surface area contributed by atoms with E-state index in [0.29, 0.717) is 11.3 Å². The number of hydrogen-bond donors (Lipinski definition) is 1. The molecule has 5 nitrogen and oxygen atoms in total. The lowest BCUT2D eigenvalue weighted by molar-refractivity contribution is -0.128. The van der Waals surface area contributed by atoms with Crippen molar-refractivity contribution in [3.8, 4) is 5.75 Å². The van der Waals surface area contributed by atoms with Gasteiger partial charge in [-0.05, 0) is 53.7 Å². The van der Waals surface area contributed by atoms with Gasteiger partial charge in [0.25, 0.3) is 11.8 Å². The Bertz CT molecular complexity index is 909. The highest BCUT2D eigenvalue weighted by atomic mass is 32.1. The zero-order chi connectivity index (χ0) is 18.7. The van der Waals surface area contributed by atoms with E-state index in [1.807, 2.05) is 0 Å². The number of benzene rings is 2. The number of hydrogen-bond acceptors (Lipinski definition) is 4. The van der Waals surface area contributed by atoms with Gasteiger partial charge in [0.2, 0.25) is 0 Å². The predicted octanol–water partition coefficient (Wildman–Crippen LogP) is 2.66. The third kappa shape index (κ3) is 3.94. The molecule has 0 bridgehead atoms. The molecule has 7 heteroatoms. The Morgan fingerprint density at radius 1 is 1.19 bits per heavy atom. The third-order valence-corrected chi connectivity index (χ3v) is 4.17. The van der Waals surface area contributed by atoms with Crippen molar-refractivity contribution < 1.29 is 18.7 Å². The molecule has 1 fully saturated rings. The quantitative estimate of drug-likeness (QED) is 0.511. The van der Waals surface area contributed by atoms with Gasteiger partial charge in [-0.3, -0.25) is 19.8 Å². The standard InChI is InChI=1S/C19H15FN2O3S/c1-22-18(24)16(17(23)21-19(22)26)10-12-5-7-15(8-6-12)25-11-13-3-2-4-14(20)9-13/h2-10H,11H2,1H3,(H,21,23,26)/b16-10+. The van der Waals surface area contributed by atoms with Crippen molar-refractivity contribution in [3.05, 3.63) is 71.0 Å². The van der Waals surface area contributed by atoms with Crippen molar-refractivity contribution in [2.45, 2.75) is 6.61 Å². The van der Waals surface area contributed by atoms with E-state index in [0.717, 1.165) is 5.56 Å². The first-order valence-electron chi connectivity index (χ1n) is 7.76. The number of ether oxygens (including phenoxy) is 1. The van der Waals surface area contributed by atoms with E-state index in [1.165, 1.54) is 30.2 Å². The number of thiocarbonyl (C=S) groups is 1. The Kier molecular flexibility index (Phi) is 5.09. The molecule has 0 saturated carbocycles. The van der Waals surface area contributed by atoms with Crippen molar-refractivity contribution in [1.29, 1.82) is 0 Å². The molecule has 2 aromatic carbocycles. The average Bonchev–Trinajstić information content (AvgIpc) is 2.63. The van der Waals surface area contributed by atoms with E-state index in [9.17, 15) is 14.0 Å². The van der Waals surface area contributed by atoms with Crippen molar-refractivity contribution in [2.24, 2.45) is 0 Å². The van der Waals surface area contributed by atoms with Crippen LogP contribution in [0.3, 0.4) is 0 Å². The number of nitrogens with one attached hydrogen (secondary N) is 1. The molecule has 1 N–H and O–H groups in total. The fraction of sp³-hybridized carbons (Fsp3) is 0.105. The Hall–Kier alpha value is -3.06. The molecule has 0 aliphatic carbocycles. The average molecular weight is 370 g/mol. The highest BCUT2D eigenvalue weighted by Gasteiger charge is 2.30. The van der Waals surface area contributed by atoms with Crippen LogP contribution in [-0.4, -0.2) is 28.9 Å². The maximum Gasteiger partial charge on any atom is 0.265 e. The molecule has 0 unspecified atom stereocenters. The van der Waals surface area contributed by atoms with Crippen molar-refractivity contribution in [1.82, 2.24) is 10.2 Å². The summed E-state index contributed by atoms with van der Waals surface area (Å²) >= 11 is 4.90. The van der Waals surface area contributed by atoms with E-state index in [-0.39, 0.29) is 23.1 Å². The van der Waals surface area contributed by atoms with Crippen LogP contribution in [0.2, 0.25) is 0 Å². The Morgan fingerprint density at radius 2 is 1.92 bits per heavy atom. The monoisotopic (exact) mass is 370 g/mol. The van der Waals surface area contributed by atoms with Gasteiger partial charge < -0.3 is 4.74 Å². The molecule has 1 aliphatic rings. The Balaban J connectivity index is 1.70. The zero-order valence-electron chi connectivity index (χ0n) is 13.9. The molecule has 0 radical (unpaired) electrons. The molecule has 1 saturated heterocycles. The lowest BCUT2D eigenvalue weighted by Crippen LogP contribution is -2.52. The van der Waals surface area contributed by atoms with Gasteiger partial charge in [-0.15, -0.1) is 0 Å². The number of amides is 2. The molecule has 0 spiro atoms. The van der Waals surface area contributed by atoms with E-state index in [1.54, 1.807) is 36.4 Å². The molecule has 26 heavy (non-hydrogen) atoms. The largest absolute Gasteiger partial charge is 0.489 e. The number of likely N-dealkylation sites (N-methyl/N-ethyl adjacent to an activating group) is 1. The van der Waals surface area contributed by atoms with Crippen LogP contribution in [0.1, 0.15) is 11.1 Å². The molecule has 3 rings (SSSR count). The number of carbonyl (C=O) groups excluding carboxylic acids is 2. The smallest absolute Gasteiger partial charge is 0.265 e. The molecular formula is C19H15FN2O3S. The van der Waals surface area contributed by atoms with Gasteiger partial charge >= 0.3 is 0 Å². The normalized spacial score (nSPS) is 16.0. The first-order chi connectivity index (χ1) is 12.4. The fourth-order valence-electron chi connectivity index (χ4n) is 2.37. The van der Waals surface area contributed by atoms with Gasteiger partial charge in [0.1, 0.15) is 23.7 Å². The minimum atomic E-state index is -0.524. The fourth-order valence-corrected chi connectivity index (χ4v) is 2.54. The van der Waals surface area contributed by atoms with Crippen molar-refractivity contribution >= 4 is 35.2 Å². The van der Waals surface area contributed by atoms with Crippen LogP contribution in [0, 0.1) is 5.82 Å². The molecule has 1 aliphatic heterocycles. The second kappa shape index (κ2) is 7.45. The molecule has 132 valence electrons. The third-order valence-electron chi connectivity index (χ3n) is 3.79. The van der Waals surface area contributed by atoms with Crippen LogP contribution in [0.5, 0.6) is 5.75 Å². The second-order valence-electron chi connectivity index (χ2n) is 5.67. The van der Waals surface area contributed by atoms with Gasteiger partial charge in [0, 0.05) is 7.05 Å². The van der Waals surface area contributed by atoms with Crippen LogP contribution in [0.25, 0.3) is 6.08 Å². The lowest BCUT2D eigenvalue weighted by atomic mass is 10.1. The Morgan fingerprint density at radius 3 is 2.62 bits per heavy atom. The summed E-state index contributed by atoms with van der Waals surface area (Å²) in [7, 11) is 1.50. The van der Waals surface area contributed by atoms with E-state index >= 15 is 0 Å². The number of carbonyl (C=O) groups is 2. The van der Waals surface area contributed by atoms with Gasteiger partial charge in [0.15, 0.2) is 5.11 Å². The molecule has 1 heterocycles. The molecule has 0 aromatic heterocycles. The van der Waals surface area contributed by atoms with Gasteiger partial charge in [-0.2, -0.15) is 0 Å². The van der Waals surface area contributed by atoms with Crippen LogP contribution in [0.15, 0.2) is 54.1 Å². The predicted molar refractivity (Wildman–Crippen MR) is 98.7 cm³/mol. The first-order valence-corrected chi connectivity index (χ1v) is 8.17. The van der Waals surface area contributed by atoms with Crippen LogP contribution < -0.4 is 10.1 Å². The van der Waals surface area contributed by atoms with Crippen molar-refractivity contribution in [3.63, 3.8) is 0 Å². The summed E-state index contributed by atoms with van der Waals surface area (Å²) in [6, 6.07) is 13.1. The van der Waals surface area contributed by atoms with E-state index in [2.05, 4.69) is 5.32 Å². The number of rotatable bonds is 4. The first kappa shape index (κ1) is 17.8. The summed E-state index contributed by atoms with van der Waals surface area (Å²) in [5, 5.41) is 2.54. The Labute approximate surface area is 155 Å². The topological polar surface area (TPSA) is 58.6 Å². The summed E-state index contributed by atoms with van der Waals surface area (Å²) in [6.45, 7) is 0.237. The summed E-state index contributed by atoms with van der Waals surface area (Å²) in [6.07, 6.45) is 1.49. The molecule has 2 aromatic rings. The molecule has 0 atom stereocenters. The van der Waals surface area contributed by atoms with Gasteiger partial charge in [-0.1, -0.05) is 24.3 Å². The summed E-state index contributed by atoms with van der Waals surface area (Å²) in [5.74, 6) is -0.697. The van der Waals surface area contributed by atoms with Crippen LogP contribution >= 0.6 is 12.2 Å². The molecule has 2 amide bonds. The highest BCUT2D eigenvalue weighted by molar-refractivity contribution is 7.80. The number of nitrogens with zero attached hydrogens (tertiary/aromatic N) is 1. The minimum Gasteiger partial charge on any atom is -0.489 e. The maximum absolute atomic E-state index is 13.1. The summed E-state index contributed by atoms with van der Waals surface area (Å²) in [4.78, 5) is 25.3. The van der Waals surface area contributed by atoms with Gasteiger partial charge in [0.05, 0.1) is 0 Å².